The van der Waals surface area contributed by atoms with E-state index >= 15 is 8.78 Å². The minimum Gasteiger partial charge on any atom is -0.497 e. The number of amides is 2. The van der Waals surface area contributed by atoms with Crippen LogP contribution in [-0.2, 0) is 6.54 Å². The molecule has 1 aromatic heterocycles. The number of Topliss-reactive ketones (excluding diaryl/α,β-unsaturated/α-hetero) is 1. The second kappa shape index (κ2) is 13.3. The van der Waals surface area contributed by atoms with Crippen molar-refractivity contribution in [2.75, 3.05) is 33.3 Å². The number of halogens is 2. The number of nitrogens with one attached hydrogen (secondary N) is 1. The van der Waals surface area contributed by atoms with Gasteiger partial charge in [-0.3, -0.25) is 24.3 Å². The average molecular weight is 602 g/mol. The molecular formula is C33H33F2N5O4. The molecule has 2 saturated heterocycles. The molecule has 1 N–H and O–H groups in total. The molecule has 11 heteroatoms. The molecule has 9 nitrogen and oxygen atoms in total. The number of nitrogens with zero attached hydrogens (tertiary/aromatic N) is 4. The molecule has 5 rings (SSSR count). The van der Waals surface area contributed by atoms with E-state index in [-0.39, 0.29) is 35.3 Å². The van der Waals surface area contributed by atoms with Gasteiger partial charge in [0.15, 0.2) is 5.78 Å². The zero-order valence-corrected chi connectivity index (χ0v) is 24.3. The molecule has 2 aliphatic heterocycles. The summed E-state index contributed by atoms with van der Waals surface area (Å²) in [6.07, 6.45) is 2.34. The highest BCUT2D eigenvalue weighted by molar-refractivity contribution is 5.99. The lowest BCUT2D eigenvalue weighted by molar-refractivity contribution is -0.0895. The monoisotopic (exact) mass is 601 g/mol. The summed E-state index contributed by atoms with van der Waals surface area (Å²) in [5, 5.41) is 11.4. The lowest BCUT2D eigenvalue weighted by Crippen LogP contribution is -2.58. The summed E-state index contributed by atoms with van der Waals surface area (Å²) < 4.78 is 35.2. The molecule has 1 atom stereocenters. The van der Waals surface area contributed by atoms with Crippen LogP contribution in [0.1, 0.15) is 61.6 Å². The Morgan fingerprint density at radius 3 is 2.25 bits per heavy atom. The van der Waals surface area contributed by atoms with Crippen molar-refractivity contribution in [2.45, 2.75) is 37.8 Å². The standard InChI is InChI=1S/C33H33F2N5O4/c1-44-27-9-6-24(7-10-27)30(41)25-12-16-40(17-13-25)32(43)28-11-8-26(19-37-28)31(42)38-29-14-15-39(21-33(29,34)35)20-23-4-2-22(18-36)3-5-23/h2-11,19,25,29H,12-17,20-21H2,1H3,(H,38,42). The molecule has 0 spiro atoms. The van der Waals surface area contributed by atoms with Crippen LogP contribution in [0.2, 0.25) is 0 Å². The molecular weight excluding hydrogens is 568 g/mol. The first-order valence-electron chi connectivity index (χ1n) is 14.5. The van der Waals surface area contributed by atoms with Gasteiger partial charge in [0.05, 0.1) is 36.9 Å². The average Bonchev–Trinajstić information content (AvgIpc) is 3.05. The molecule has 2 aliphatic rings. The highest BCUT2D eigenvalue weighted by Gasteiger charge is 2.45. The second-order valence-electron chi connectivity index (χ2n) is 11.2. The van der Waals surface area contributed by atoms with E-state index in [1.54, 1.807) is 65.4 Å². The van der Waals surface area contributed by atoms with Crippen LogP contribution in [-0.4, -0.2) is 77.6 Å². The number of alkyl halides is 2. The third-order valence-corrected chi connectivity index (χ3v) is 8.25. The summed E-state index contributed by atoms with van der Waals surface area (Å²) in [5.74, 6) is -3.62. The first-order chi connectivity index (χ1) is 21.2. The molecule has 2 aromatic carbocycles. The Hall–Kier alpha value is -4.69. The third kappa shape index (κ3) is 7.09. The molecule has 0 aliphatic carbocycles. The van der Waals surface area contributed by atoms with Crippen molar-refractivity contribution in [3.8, 4) is 11.8 Å². The maximum atomic E-state index is 15.0. The lowest BCUT2D eigenvalue weighted by atomic mass is 9.88. The Kier molecular flexibility index (Phi) is 9.30. The second-order valence-corrected chi connectivity index (χ2v) is 11.2. The maximum absolute atomic E-state index is 15.0. The minimum absolute atomic E-state index is 0.0378. The number of ether oxygens (including phenoxy) is 1. The van der Waals surface area contributed by atoms with E-state index in [4.69, 9.17) is 10.00 Å². The Balaban J connectivity index is 1.11. The van der Waals surface area contributed by atoms with Gasteiger partial charge in [0.1, 0.15) is 11.4 Å². The van der Waals surface area contributed by atoms with Crippen LogP contribution in [0.15, 0.2) is 66.9 Å². The van der Waals surface area contributed by atoms with Gasteiger partial charge in [0, 0.05) is 43.9 Å². The van der Waals surface area contributed by atoms with Crippen molar-refractivity contribution in [3.63, 3.8) is 0 Å². The summed E-state index contributed by atoms with van der Waals surface area (Å²) in [6.45, 7) is 0.973. The van der Waals surface area contributed by atoms with Crippen molar-refractivity contribution in [3.05, 3.63) is 94.8 Å². The number of pyridine rings is 1. The fourth-order valence-electron chi connectivity index (χ4n) is 5.66. The predicted octanol–water partition coefficient (Wildman–Crippen LogP) is 4.34. The summed E-state index contributed by atoms with van der Waals surface area (Å²) in [6, 6.07) is 17.3. The van der Waals surface area contributed by atoms with Crippen LogP contribution in [0.5, 0.6) is 5.75 Å². The molecule has 228 valence electrons. The summed E-state index contributed by atoms with van der Waals surface area (Å²) >= 11 is 0. The highest BCUT2D eigenvalue weighted by atomic mass is 19.3. The number of rotatable bonds is 8. The number of hydrogen-bond acceptors (Lipinski definition) is 7. The first kappa shape index (κ1) is 30.8. The van der Waals surface area contributed by atoms with E-state index < -0.39 is 24.4 Å². The van der Waals surface area contributed by atoms with E-state index in [1.807, 2.05) is 6.07 Å². The van der Waals surface area contributed by atoms with Gasteiger partial charge in [0.2, 0.25) is 0 Å². The number of carbonyl (C=O) groups excluding carboxylic acids is 3. The summed E-state index contributed by atoms with van der Waals surface area (Å²) in [4.78, 5) is 46.1. The van der Waals surface area contributed by atoms with Gasteiger partial charge in [-0.25, -0.2) is 8.78 Å². The number of hydrogen-bond donors (Lipinski definition) is 1. The smallest absolute Gasteiger partial charge is 0.280 e. The zero-order chi connectivity index (χ0) is 31.3. The normalized spacial score (nSPS) is 18.7. The summed E-state index contributed by atoms with van der Waals surface area (Å²) in [7, 11) is 1.56. The largest absolute Gasteiger partial charge is 0.497 e. The van der Waals surface area contributed by atoms with Crippen LogP contribution >= 0.6 is 0 Å². The number of ketones is 1. The summed E-state index contributed by atoms with van der Waals surface area (Å²) in [5.41, 5.74) is 2.17. The number of nitriles is 1. The van der Waals surface area contributed by atoms with Crippen molar-refractivity contribution >= 4 is 17.6 Å². The van der Waals surface area contributed by atoms with Gasteiger partial charge in [-0.2, -0.15) is 5.26 Å². The highest BCUT2D eigenvalue weighted by Crippen LogP contribution is 2.29. The van der Waals surface area contributed by atoms with E-state index in [0.717, 1.165) is 5.56 Å². The Morgan fingerprint density at radius 2 is 1.66 bits per heavy atom. The first-order valence-corrected chi connectivity index (χ1v) is 14.5. The van der Waals surface area contributed by atoms with Crippen LogP contribution < -0.4 is 10.1 Å². The van der Waals surface area contributed by atoms with Gasteiger partial charge in [-0.1, -0.05) is 12.1 Å². The third-order valence-electron chi connectivity index (χ3n) is 8.25. The van der Waals surface area contributed by atoms with Crippen LogP contribution in [0, 0.1) is 17.2 Å². The Labute approximate surface area is 254 Å². The number of carbonyl (C=O) groups is 3. The van der Waals surface area contributed by atoms with Gasteiger partial charge >= 0.3 is 0 Å². The quantitative estimate of drug-likeness (QED) is 0.382. The predicted molar refractivity (Wildman–Crippen MR) is 157 cm³/mol. The number of piperidine rings is 2. The van der Waals surface area contributed by atoms with Crippen molar-refractivity contribution in [1.82, 2.24) is 20.1 Å². The molecule has 2 fully saturated rings. The number of methoxy groups -OCH3 is 1. The molecule has 2 amide bonds. The Bertz CT molecular complexity index is 1530. The number of benzene rings is 2. The maximum Gasteiger partial charge on any atom is 0.280 e. The SMILES string of the molecule is COc1ccc(C(=O)C2CCN(C(=O)c3ccc(C(=O)NC4CCN(Cc5ccc(C#N)cc5)CC4(F)F)cn3)CC2)cc1. The fraction of sp³-hybridized carbons (Fsp3) is 0.364. The van der Waals surface area contributed by atoms with Gasteiger partial charge in [-0.05, 0) is 73.4 Å². The van der Waals surface area contributed by atoms with Crippen LogP contribution in [0.25, 0.3) is 0 Å². The fourth-order valence-corrected chi connectivity index (χ4v) is 5.66. The van der Waals surface area contributed by atoms with E-state index in [1.165, 1.54) is 18.3 Å². The van der Waals surface area contributed by atoms with Gasteiger partial charge < -0.3 is 15.0 Å². The minimum atomic E-state index is -3.15. The van der Waals surface area contributed by atoms with E-state index in [2.05, 4.69) is 10.3 Å². The molecule has 0 saturated carbocycles. The molecule has 44 heavy (non-hydrogen) atoms. The van der Waals surface area contributed by atoms with E-state index in [0.29, 0.717) is 55.9 Å². The molecule has 3 aromatic rings. The number of aromatic nitrogens is 1. The van der Waals surface area contributed by atoms with Crippen molar-refractivity contribution in [2.24, 2.45) is 5.92 Å². The molecule has 3 heterocycles. The van der Waals surface area contributed by atoms with Crippen molar-refractivity contribution in [1.29, 1.82) is 5.26 Å². The Morgan fingerprint density at radius 1 is 0.977 bits per heavy atom. The van der Waals surface area contributed by atoms with Gasteiger partial charge in [-0.15, -0.1) is 0 Å². The molecule has 0 radical (unpaired) electrons. The molecule has 1 unspecified atom stereocenters. The van der Waals surface area contributed by atoms with Gasteiger partial charge in [0.25, 0.3) is 17.7 Å². The lowest BCUT2D eigenvalue weighted by Gasteiger charge is -2.38. The van der Waals surface area contributed by atoms with Crippen molar-refractivity contribution < 1.29 is 27.9 Å². The van der Waals surface area contributed by atoms with E-state index in [9.17, 15) is 14.4 Å². The van der Waals surface area contributed by atoms with Crippen LogP contribution in [0.3, 0.4) is 0 Å². The number of likely N-dealkylation sites (tertiary alicyclic amines) is 2. The zero-order valence-electron chi connectivity index (χ0n) is 24.3. The topological polar surface area (TPSA) is 116 Å². The molecule has 0 bridgehead atoms. The van der Waals surface area contributed by atoms with Crippen LogP contribution in [0.4, 0.5) is 8.78 Å².